The molecule has 0 spiro atoms. The van der Waals surface area contributed by atoms with Gasteiger partial charge in [-0.25, -0.2) is 0 Å². The van der Waals surface area contributed by atoms with Crippen LogP contribution in [0.3, 0.4) is 0 Å². The minimum Gasteiger partial charge on any atom is -0.381 e. The third kappa shape index (κ3) is 2.19. The summed E-state index contributed by atoms with van der Waals surface area (Å²) >= 11 is 0. The molecule has 0 aliphatic carbocycles. The first-order valence-corrected chi connectivity index (χ1v) is 3.68. The van der Waals surface area contributed by atoms with Gasteiger partial charge in [0.15, 0.2) is 0 Å². The number of allylic oxidation sites excluding steroid dienone is 1. The minimum absolute atomic E-state index is 0.713. The molecule has 1 heteroatoms. The highest BCUT2D eigenvalue weighted by Gasteiger charge is 2.10. The van der Waals surface area contributed by atoms with Crippen molar-refractivity contribution in [2.24, 2.45) is 5.92 Å². The molecule has 1 rings (SSSR count). The van der Waals surface area contributed by atoms with Crippen molar-refractivity contribution in [2.75, 3.05) is 13.2 Å². The van der Waals surface area contributed by atoms with Crippen LogP contribution < -0.4 is 0 Å². The zero-order chi connectivity index (χ0) is 6.53. The summed E-state index contributed by atoms with van der Waals surface area (Å²) in [4.78, 5) is 0. The van der Waals surface area contributed by atoms with E-state index in [4.69, 9.17) is 4.74 Å². The first kappa shape index (κ1) is 6.81. The van der Waals surface area contributed by atoms with E-state index in [1.807, 2.05) is 0 Å². The summed E-state index contributed by atoms with van der Waals surface area (Å²) in [6, 6.07) is 0. The standard InChI is InChI=1S/C8H14O/c1-2-3-4-8-5-6-9-7-8/h3-4,8H,2,5-7H2,1H3. The van der Waals surface area contributed by atoms with Crippen LogP contribution in [0.5, 0.6) is 0 Å². The molecular weight excluding hydrogens is 112 g/mol. The van der Waals surface area contributed by atoms with E-state index < -0.39 is 0 Å². The molecular formula is C8H14O. The van der Waals surface area contributed by atoms with Crippen LogP contribution in [0.1, 0.15) is 19.8 Å². The third-order valence-electron chi connectivity index (χ3n) is 1.61. The van der Waals surface area contributed by atoms with Crippen LogP contribution in [0.15, 0.2) is 12.2 Å². The van der Waals surface area contributed by atoms with Crippen molar-refractivity contribution in [3.05, 3.63) is 12.2 Å². The van der Waals surface area contributed by atoms with Crippen LogP contribution in [-0.4, -0.2) is 13.2 Å². The van der Waals surface area contributed by atoms with Gasteiger partial charge in [0, 0.05) is 12.5 Å². The third-order valence-corrected chi connectivity index (χ3v) is 1.61. The molecule has 0 N–H and O–H groups in total. The van der Waals surface area contributed by atoms with Gasteiger partial charge in [-0.2, -0.15) is 0 Å². The Morgan fingerprint density at radius 1 is 1.67 bits per heavy atom. The normalized spacial score (nSPS) is 27.9. The van der Waals surface area contributed by atoms with Gasteiger partial charge >= 0.3 is 0 Å². The molecule has 1 aliphatic heterocycles. The summed E-state index contributed by atoms with van der Waals surface area (Å²) in [6.45, 7) is 4.06. The largest absolute Gasteiger partial charge is 0.381 e. The maximum atomic E-state index is 5.20. The Labute approximate surface area is 56.7 Å². The van der Waals surface area contributed by atoms with E-state index >= 15 is 0 Å². The molecule has 52 valence electrons. The Morgan fingerprint density at radius 3 is 3.11 bits per heavy atom. The Hall–Kier alpha value is -0.300. The van der Waals surface area contributed by atoms with Gasteiger partial charge in [0.05, 0.1) is 6.61 Å². The molecule has 9 heavy (non-hydrogen) atoms. The van der Waals surface area contributed by atoms with E-state index in [0.29, 0.717) is 5.92 Å². The number of ether oxygens (including phenoxy) is 1. The highest BCUT2D eigenvalue weighted by molar-refractivity contribution is 4.89. The molecule has 1 unspecified atom stereocenters. The predicted molar refractivity (Wildman–Crippen MR) is 38.4 cm³/mol. The van der Waals surface area contributed by atoms with Crippen LogP contribution in [0.4, 0.5) is 0 Å². The van der Waals surface area contributed by atoms with Gasteiger partial charge in [-0.3, -0.25) is 0 Å². The molecule has 0 amide bonds. The van der Waals surface area contributed by atoms with E-state index in [0.717, 1.165) is 19.6 Å². The fourth-order valence-electron chi connectivity index (χ4n) is 1.03. The topological polar surface area (TPSA) is 9.23 Å². The number of rotatable bonds is 2. The van der Waals surface area contributed by atoms with Gasteiger partial charge in [0.25, 0.3) is 0 Å². The van der Waals surface area contributed by atoms with Crippen molar-refractivity contribution in [1.82, 2.24) is 0 Å². The molecule has 1 atom stereocenters. The Balaban J connectivity index is 2.18. The van der Waals surface area contributed by atoms with Gasteiger partial charge in [-0.15, -0.1) is 0 Å². The van der Waals surface area contributed by atoms with E-state index in [2.05, 4.69) is 19.1 Å². The number of hydrogen-bond donors (Lipinski definition) is 0. The Morgan fingerprint density at radius 2 is 2.56 bits per heavy atom. The van der Waals surface area contributed by atoms with Crippen molar-refractivity contribution in [2.45, 2.75) is 19.8 Å². The minimum atomic E-state index is 0.713. The average Bonchev–Trinajstić information content (AvgIpc) is 2.34. The zero-order valence-electron chi connectivity index (χ0n) is 5.97. The van der Waals surface area contributed by atoms with Crippen LogP contribution in [0.25, 0.3) is 0 Å². The van der Waals surface area contributed by atoms with E-state index in [9.17, 15) is 0 Å². The first-order chi connectivity index (χ1) is 4.43. The fourth-order valence-corrected chi connectivity index (χ4v) is 1.03. The molecule has 0 radical (unpaired) electrons. The summed E-state index contributed by atoms with van der Waals surface area (Å²) < 4.78 is 5.20. The van der Waals surface area contributed by atoms with Crippen LogP contribution in [-0.2, 0) is 4.74 Å². The molecule has 0 saturated carbocycles. The highest BCUT2D eigenvalue weighted by Crippen LogP contribution is 2.13. The lowest BCUT2D eigenvalue weighted by Crippen LogP contribution is -1.92. The second kappa shape index (κ2) is 3.67. The summed E-state index contributed by atoms with van der Waals surface area (Å²) in [6.07, 6.45) is 6.86. The SMILES string of the molecule is CCC=CC1CCOC1. The van der Waals surface area contributed by atoms with Crippen molar-refractivity contribution in [3.8, 4) is 0 Å². The van der Waals surface area contributed by atoms with Crippen molar-refractivity contribution >= 4 is 0 Å². The fraction of sp³-hybridized carbons (Fsp3) is 0.750. The molecule has 1 aliphatic rings. The van der Waals surface area contributed by atoms with Gasteiger partial charge in [0.1, 0.15) is 0 Å². The molecule has 1 saturated heterocycles. The van der Waals surface area contributed by atoms with E-state index in [1.54, 1.807) is 0 Å². The second-order valence-corrected chi connectivity index (χ2v) is 2.46. The highest BCUT2D eigenvalue weighted by atomic mass is 16.5. The quantitative estimate of drug-likeness (QED) is 0.514. The Bertz CT molecular complexity index is 90.7. The van der Waals surface area contributed by atoms with Gasteiger partial charge < -0.3 is 4.74 Å². The van der Waals surface area contributed by atoms with Crippen LogP contribution in [0.2, 0.25) is 0 Å². The summed E-state index contributed by atoms with van der Waals surface area (Å²) in [5.41, 5.74) is 0. The molecule has 1 fully saturated rings. The Kier molecular flexibility index (Phi) is 2.78. The second-order valence-electron chi connectivity index (χ2n) is 2.46. The zero-order valence-corrected chi connectivity index (χ0v) is 5.97. The van der Waals surface area contributed by atoms with Crippen LogP contribution in [0, 0.1) is 5.92 Å². The van der Waals surface area contributed by atoms with Gasteiger partial charge in [-0.05, 0) is 12.8 Å². The molecule has 1 heterocycles. The first-order valence-electron chi connectivity index (χ1n) is 3.68. The molecule has 1 nitrogen and oxygen atoms in total. The lowest BCUT2D eigenvalue weighted by molar-refractivity contribution is 0.191. The maximum absolute atomic E-state index is 5.20. The molecule has 0 bridgehead atoms. The molecule has 0 aromatic heterocycles. The predicted octanol–water partition coefficient (Wildman–Crippen LogP) is 1.99. The lowest BCUT2D eigenvalue weighted by atomic mass is 10.1. The van der Waals surface area contributed by atoms with Crippen molar-refractivity contribution in [1.29, 1.82) is 0 Å². The molecule has 0 aromatic rings. The molecule has 0 aromatic carbocycles. The summed E-state index contributed by atoms with van der Waals surface area (Å²) in [5.74, 6) is 0.713. The average molecular weight is 126 g/mol. The maximum Gasteiger partial charge on any atom is 0.0529 e. The van der Waals surface area contributed by atoms with E-state index in [-0.39, 0.29) is 0 Å². The van der Waals surface area contributed by atoms with Crippen molar-refractivity contribution < 1.29 is 4.74 Å². The van der Waals surface area contributed by atoms with Crippen LogP contribution >= 0.6 is 0 Å². The van der Waals surface area contributed by atoms with E-state index in [1.165, 1.54) is 6.42 Å². The number of hydrogen-bond acceptors (Lipinski definition) is 1. The van der Waals surface area contributed by atoms with Gasteiger partial charge in [0.2, 0.25) is 0 Å². The smallest absolute Gasteiger partial charge is 0.0529 e. The summed E-state index contributed by atoms with van der Waals surface area (Å²) in [5, 5.41) is 0. The summed E-state index contributed by atoms with van der Waals surface area (Å²) in [7, 11) is 0. The van der Waals surface area contributed by atoms with Gasteiger partial charge in [-0.1, -0.05) is 19.1 Å². The monoisotopic (exact) mass is 126 g/mol. The van der Waals surface area contributed by atoms with Crippen molar-refractivity contribution in [3.63, 3.8) is 0 Å². The lowest BCUT2D eigenvalue weighted by Gasteiger charge is -1.95.